The van der Waals surface area contributed by atoms with Gasteiger partial charge in [0, 0.05) is 35.4 Å². The van der Waals surface area contributed by atoms with Crippen molar-refractivity contribution in [2.45, 2.75) is 17.4 Å². The molecular weight excluding hydrogens is 232 g/mol. The molecule has 4 heteroatoms. The lowest BCUT2D eigenvalue weighted by atomic mass is 9.93. The van der Waals surface area contributed by atoms with Crippen LogP contribution in [0.3, 0.4) is 0 Å². The second-order valence-corrected chi connectivity index (χ2v) is 5.36. The Hall–Kier alpha value is -1.26. The number of aliphatic hydroxyl groups is 1. The summed E-state index contributed by atoms with van der Waals surface area (Å²) < 4.78 is 0. The van der Waals surface area contributed by atoms with Crippen molar-refractivity contribution in [2.75, 3.05) is 5.75 Å². The van der Waals surface area contributed by atoms with E-state index < -0.39 is 0 Å². The number of aromatic nitrogens is 2. The van der Waals surface area contributed by atoms with Gasteiger partial charge in [-0.3, -0.25) is 0 Å². The van der Waals surface area contributed by atoms with Gasteiger partial charge >= 0.3 is 0 Å². The maximum atomic E-state index is 10.4. The van der Waals surface area contributed by atoms with E-state index in [1.165, 1.54) is 4.90 Å². The highest BCUT2D eigenvalue weighted by Gasteiger charge is 2.28. The lowest BCUT2D eigenvalue weighted by Crippen LogP contribution is -2.22. The van der Waals surface area contributed by atoms with Crippen molar-refractivity contribution >= 4 is 11.8 Å². The first-order valence-corrected chi connectivity index (χ1v) is 6.71. The molecule has 3 nitrogen and oxygen atoms in total. The number of fused-ring (bicyclic) bond motifs is 1. The van der Waals surface area contributed by atoms with Gasteiger partial charge in [0.15, 0.2) is 0 Å². The van der Waals surface area contributed by atoms with Crippen LogP contribution in [0.5, 0.6) is 0 Å². The molecule has 1 aromatic heterocycles. The highest BCUT2D eigenvalue weighted by atomic mass is 32.2. The highest BCUT2D eigenvalue weighted by Crippen LogP contribution is 2.40. The minimum atomic E-state index is -0.377. The Kier molecular flexibility index (Phi) is 2.91. The van der Waals surface area contributed by atoms with Gasteiger partial charge in [-0.1, -0.05) is 18.2 Å². The molecule has 0 unspecified atom stereocenters. The van der Waals surface area contributed by atoms with Crippen LogP contribution in [0.2, 0.25) is 0 Å². The molecule has 0 spiro atoms. The maximum absolute atomic E-state index is 10.4. The summed E-state index contributed by atoms with van der Waals surface area (Å²) in [5, 5.41) is 10.4. The van der Waals surface area contributed by atoms with Crippen LogP contribution in [0.4, 0.5) is 0 Å². The zero-order valence-corrected chi connectivity index (χ0v) is 10.2. The number of nitrogens with zero attached hydrogens (tertiary/aromatic N) is 1. The largest absolute Gasteiger partial charge is 0.388 e. The second-order valence-electron chi connectivity index (χ2n) is 4.29. The van der Waals surface area contributed by atoms with E-state index in [9.17, 15) is 5.11 Å². The van der Waals surface area contributed by atoms with E-state index in [2.05, 4.69) is 16.0 Å². The Morgan fingerprint density at radius 2 is 2.29 bits per heavy atom. The van der Waals surface area contributed by atoms with Crippen molar-refractivity contribution in [2.24, 2.45) is 5.92 Å². The first-order chi connectivity index (χ1) is 8.34. The van der Waals surface area contributed by atoms with Crippen LogP contribution < -0.4 is 0 Å². The Morgan fingerprint density at radius 1 is 1.41 bits per heavy atom. The van der Waals surface area contributed by atoms with Crippen LogP contribution in [0.25, 0.3) is 0 Å². The predicted octanol–water partition coefficient (Wildman–Crippen LogP) is 2.41. The van der Waals surface area contributed by atoms with Crippen molar-refractivity contribution in [3.05, 3.63) is 48.0 Å². The SMILES string of the molecule is O[C@H]1c2ccccc2SC[C@@H]1Cc1ncc[nH]1. The molecule has 1 aromatic carbocycles. The highest BCUT2D eigenvalue weighted by molar-refractivity contribution is 7.99. The molecule has 0 saturated carbocycles. The molecule has 2 heterocycles. The molecule has 0 aliphatic carbocycles. The molecule has 1 aliphatic heterocycles. The van der Waals surface area contributed by atoms with Crippen LogP contribution in [-0.2, 0) is 6.42 Å². The van der Waals surface area contributed by atoms with Gasteiger partial charge in [0.05, 0.1) is 6.10 Å². The molecule has 1 aliphatic rings. The summed E-state index contributed by atoms with van der Waals surface area (Å²) in [6, 6.07) is 8.09. The quantitative estimate of drug-likeness (QED) is 0.855. The summed E-state index contributed by atoms with van der Waals surface area (Å²) in [4.78, 5) is 8.53. The Balaban J connectivity index is 1.82. The van der Waals surface area contributed by atoms with Gasteiger partial charge in [-0.15, -0.1) is 11.8 Å². The molecule has 2 atom stereocenters. The number of nitrogens with one attached hydrogen (secondary N) is 1. The molecule has 88 valence electrons. The lowest BCUT2D eigenvalue weighted by molar-refractivity contribution is 0.114. The van der Waals surface area contributed by atoms with Crippen LogP contribution in [0, 0.1) is 5.92 Å². The molecule has 17 heavy (non-hydrogen) atoms. The Bertz CT molecular complexity index is 498. The first-order valence-electron chi connectivity index (χ1n) is 5.72. The van der Waals surface area contributed by atoms with Crippen LogP contribution in [0.1, 0.15) is 17.5 Å². The number of thioether (sulfide) groups is 1. The van der Waals surface area contributed by atoms with Crippen molar-refractivity contribution in [1.82, 2.24) is 9.97 Å². The van der Waals surface area contributed by atoms with Crippen LogP contribution in [-0.4, -0.2) is 20.8 Å². The standard InChI is InChI=1S/C13H14N2OS/c16-13-9(7-12-14-5-6-15-12)8-17-11-4-2-1-3-10(11)13/h1-6,9,13,16H,7-8H2,(H,14,15)/t9-,13+/m0/s1. The molecule has 0 fully saturated rings. The third kappa shape index (κ3) is 2.10. The van der Waals surface area contributed by atoms with Crippen molar-refractivity contribution < 1.29 is 5.11 Å². The summed E-state index contributed by atoms with van der Waals surface area (Å²) >= 11 is 1.82. The van der Waals surface area contributed by atoms with Crippen LogP contribution >= 0.6 is 11.8 Å². The zero-order valence-electron chi connectivity index (χ0n) is 9.34. The lowest BCUT2D eigenvalue weighted by Gasteiger charge is -2.28. The molecule has 0 bridgehead atoms. The molecular formula is C13H14N2OS. The van der Waals surface area contributed by atoms with E-state index >= 15 is 0 Å². The predicted molar refractivity (Wildman–Crippen MR) is 67.9 cm³/mol. The fraction of sp³-hybridized carbons (Fsp3) is 0.308. The first kappa shape index (κ1) is 10.9. The van der Waals surface area contributed by atoms with E-state index in [1.807, 2.05) is 36.2 Å². The average molecular weight is 246 g/mol. The maximum Gasteiger partial charge on any atom is 0.106 e. The third-order valence-electron chi connectivity index (χ3n) is 3.15. The molecule has 0 radical (unpaired) electrons. The fourth-order valence-corrected chi connectivity index (χ4v) is 3.45. The smallest absolute Gasteiger partial charge is 0.106 e. The van der Waals surface area contributed by atoms with E-state index in [4.69, 9.17) is 0 Å². The molecule has 2 aromatic rings. The number of imidazole rings is 1. The van der Waals surface area contributed by atoms with Gasteiger partial charge in [-0.25, -0.2) is 4.98 Å². The van der Waals surface area contributed by atoms with Crippen molar-refractivity contribution in [3.63, 3.8) is 0 Å². The van der Waals surface area contributed by atoms with Gasteiger partial charge in [0.2, 0.25) is 0 Å². The van der Waals surface area contributed by atoms with E-state index in [-0.39, 0.29) is 12.0 Å². The number of rotatable bonds is 2. The summed E-state index contributed by atoms with van der Waals surface area (Å²) in [6.45, 7) is 0. The number of aromatic amines is 1. The molecule has 2 N–H and O–H groups in total. The van der Waals surface area contributed by atoms with E-state index in [0.29, 0.717) is 0 Å². The van der Waals surface area contributed by atoms with E-state index in [1.54, 1.807) is 6.20 Å². The summed E-state index contributed by atoms with van der Waals surface area (Å²) in [5.74, 6) is 2.13. The number of hydrogen-bond acceptors (Lipinski definition) is 3. The summed E-state index contributed by atoms with van der Waals surface area (Å²) in [6.07, 6.45) is 4.00. The summed E-state index contributed by atoms with van der Waals surface area (Å²) in [7, 11) is 0. The van der Waals surface area contributed by atoms with Crippen molar-refractivity contribution in [1.29, 1.82) is 0 Å². The van der Waals surface area contributed by atoms with Gasteiger partial charge in [-0.05, 0) is 11.6 Å². The molecule has 0 saturated heterocycles. The minimum Gasteiger partial charge on any atom is -0.388 e. The monoisotopic (exact) mass is 246 g/mol. The van der Waals surface area contributed by atoms with Gasteiger partial charge in [0.1, 0.15) is 5.82 Å². The van der Waals surface area contributed by atoms with Gasteiger partial charge in [-0.2, -0.15) is 0 Å². The minimum absolute atomic E-state index is 0.237. The molecule has 0 amide bonds. The second kappa shape index (κ2) is 4.55. The fourth-order valence-electron chi connectivity index (χ4n) is 2.23. The zero-order chi connectivity index (χ0) is 11.7. The van der Waals surface area contributed by atoms with Crippen LogP contribution in [0.15, 0.2) is 41.6 Å². The number of hydrogen-bond donors (Lipinski definition) is 2. The number of aliphatic hydroxyl groups excluding tert-OH is 1. The summed E-state index contributed by atoms with van der Waals surface area (Å²) in [5.41, 5.74) is 1.06. The third-order valence-corrected chi connectivity index (χ3v) is 4.43. The van der Waals surface area contributed by atoms with E-state index in [0.717, 1.165) is 23.6 Å². The topological polar surface area (TPSA) is 48.9 Å². The van der Waals surface area contributed by atoms with Gasteiger partial charge in [0.25, 0.3) is 0 Å². The average Bonchev–Trinajstić information content (AvgIpc) is 2.86. The normalized spacial score (nSPS) is 23.4. The Morgan fingerprint density at radius 3 is 3.12 bits per heavy atom. The molecule has 3 rings (SSSR count). The number of benzene rings is 1. The van der Waals surface area contributed by atoms with Crippen molar-refractivity contribution in [3.8, 4) is 0 Å². The van der Waals surface area contributed by atoms with Gasteiger partial charge < -0.3 is 10.1 Å². The Labute approximate surface area is 104 Å². The number of H-pyrrole nitrogens is 1.